The van der Waals surface area contributed by atoms with Gasteiger partial charge in [-0.3, -0.25) is 4.90 Å². The van der Waals surface area contributed by atoms with Crippen molar-refractivity contribution in [2.24, 2.45) is 0 Å². The summed E-state index contributed by atoms with van der Waals surface area (Å²) in [5, 5.41) is 14.9. The minimum Gasteiger partial charge on any atom is -0.461 e. The van der Waals surface area contributed by atoms with Crippen molar-refractivity contribution in [1.29, 1.82) is 5.26 Å². The van der Waals surface area contributed by atoms with Gasteiger partial charge < -0.3 is 25.1 Å². The van der Waals surface area contributed by atoms with Crippen LogP contribution in [0, 0.1) is 29.9 Å². The molecule has 2 unspecified atom stereocenters. The van der Waals surface area contributed by atoms with Gasteiger partial charge in [-0.05, 0) is 50.4 Å². The van der Waals surface area contributed by atoms with Crippen molar-refractivity contribution in [2.75, 3.05) is 43.4 Å². The molecule has 0 saturated carbocycles. The number of piperidine rings is 1. The molecule has 0 aliphatic carbocycles. The molecule has 9 nitrogen and oxygen atoms in total. The minimum atomic E-state index is -0.917. The zero-order valence-electron chi connectivity index (χ0n) is 25.0. The number of piperazine rings is 1. The quantitative estimate of drug-likeness (QED) is 0.245. The SMILES string of the molecule is Cc1cc2c(o1)c(-c1ccc(F)c3sc(N)c(C#N)c13)c(F)c1nc(OC[C@@]34CCCN3C[C@H](F)C4)nc(N3C4CNCC3C4)c12. The number of halogens is 3. The number of hydrogen-bond donors (Lipinski definition) is 2. The normalized spacial score (nSPS) is 25.8. The van der Waals surface area contributed by atoms with Crippen LogP contribution in [0.5, 0.6) is 6.01 Å². The second kappa shape index (κ2) is 9.94. The third-order valence-corrected chi connectivity index (χ3v) is 11.4. The molecule has 4 atom stereocenters. The van der Waals surface area contributed by atoms with E-state index in [1.54, 1.807) is 6.92 Å². The second-order valence-corrected chi connectivity index (χ2v) is 14.1. The number of benzene rings is 2. The smallest absolute Gasteiger partial charge is 0.319 e. The number of nitrogens with two attached hydrogens (primary N) is 1. The molecule has 4 saturated heterocycles. The molecule has 4 fully saturated rings. The van der Waals surface area contributed by atoms with Gasteiger partial charge in [-0.2, -0.15) is 15.2 Å². The van der Waals surface area contributed by atoms with Crippen LogP contribution >= 0.6 is 11.3 Å². The Balaban J connectivity index is 1.29. The van der Waals surface area contributed by atoms with Gasteiger partial charge in [-0.25, -0.2) is 13.2 Å². The highest BCUT2D eigenvalue weighted by atomic mass is 32.1. The molecule has 13 heteroatoms. The standard InChI is InChI=1S/C33H30F3N7O2S/c1-15-7-20-25-27(26(36)24(28(20)45-15)19-3-4-22(35)29-23(19)21(10-37)30(38)46-29)40-32(41-31(25)43-17-8-18(43)12-39-11-17)44-14-33-5-2-6-42(33)13-16(34)9-33/h3-4,7,16-18,39H,2,5-6,8-9,11-14,38H2,1H3/t16-,17?,18?,33+/m1/s1. The molecule has 9 rings (SSSR count). The monoisotopic (exact) mass is 645 g/mol. The van der Waals surface area contributed by atoms with Crippen molar-refractivity contribution in [3.05, 3.63) is 41.2 Å². The van der Waals surface area contributed by atoms with E-state index in [-0.39, 0.29) is 67.6 Å². The van der Waals surface area contributed by atoms with E-state index in [1.165, 1.54) is 12.1 Å². The van der Waals surface area contributed by atoms with Crippen LogP contribution in [0.15, 0.2) is 22.6 Å². The van der Waals surface area contributed by atoms with Gasteiger partial charge in [-0.1, -0.05) is 6.07 Å². The van der Waals surface area contributed by atoms with Gasteiger partial charge in [0.25, 0.3) is 0 Å². The van der Waals surface area contributed by atoms with Crippen LogP contribution in [0.3, 0.4) is 0 Å². The number of furan rings is 1. The maximum absolute atomic E-state index is 17.3. The molecule has 2 bridgehead atoms. The summed E-state index contributed by atoms with van der Waals surface area (Å²) in [6, 6.07) is 6.99. The van der Waals surface area contributed by atoms with Crippen molar-refractivity contribution in [3.8, 4) is 23.2 Å². The first-order valence-corrected chi connectivity index (χ1v) is 16.4. The van der Waals surface area contributed by atoms with Gasteiger partial charge in [0.1, 0.15) is 52.3 Å². The van der Waals surface area contributed by atoms with Crippen molar-refractivity contribution in [3.63, 3.8) is 0 Å². The molecule has 0 radical (unpaired) electrons. The van der Waals surface area contributed by atoms with E-state index in [9.17, 15) is 9.65 Å². The number of alkyl halides is 1. The third-order valence-electron chi connectivity index (χ3n) is 10.4. The Labute approximate surface area is 265 Å². The summed E-state index contributed by atoms with van der Waals surface area (Å²) in [6.07, 6.45) is 2.23. The number of nitrogens with zero attached hydrogens (tertiary/aromatic N) is 5. The Morgan fingerprint density at radius 2 is 2.07 bits per heavy atom. The largest absolute Gasteiger partial charge is 0.461 e. The highest BCUT2D eigenvalue weighted by Gasteiger charge is 2.50. The Kier molecular flexibility index (Phi) is 6.08. The summed E-state index contributed by atoms with van der Waals surface area (Å²) in [6.45, 7) is 4.73. The molecule has 2 aromatic carbocycles. The lowest BCUT2D eigenvalue weighted by Gasteiger charge is -2.54. The van der Waals surface area contributed by atoms with Crippen molar-refractivity contribution in [1.82, 2.24) is 20.2 Å². The Bertz CT molecular complexity index is 2130. The van der Waals surface area contributed by atoms with Crippen molar-refractivity contribution in [2.45, 2.75) is 56.4 Å². The predicted octanol–water partition coefficient (Wildman–Crippen LogP) is 5.80. The van der Waals surface area contributed by atoms with Crippen LogP contribution in [0.2, 0.25) is 0 Å². The van der Waals surface area contributed by atoms with E-state index in [4.69, 9.17) is 19.9 Å². The lowest BCUT2D eigenvalue weighted by atomic mass is 9.88. The van der Waals surface area contributed by atoms with Gasteiger partial charge in [0.05, 0.1) is 26.8 Å². The van der Waals surface area contributed by atoms with E-state index in [2.05, 4.69) is 26.2 Å². The van der Waals surface area contributed by atoms with Crippen LogP contribution < -0.4 is 20.7 Å². The molecule has 4 aliphatic heterocycles. The molecule has 3 aromatic heterocycles. The first kappa shape index (κ1) is 28.1. The maximum Gasteiger partial charge on any atom is 0.319 e. The van der Waals surface area contributed by atoms with Crippen LogP contribution in [-0.2, 0) is 0 Å². The number of nitrogens with one attached hydrogen (secondary N) is 1. The van der Waals surface area contributed by atoms with Gasteiger partial charge in [0.15, 0.2) is 5.82 Å². The van der Waals surface area contributed by atoms with E-state index < -0.39 is 23.3 Å². The number of rotatable bonds is 5. The number of fused-ring (bicyclic) bond motifs is 7. The fourth-order valence-corrected chi connectivity index (χ4v) is 9.36. The van der Waals surface area contributed by atoms with E-state index in [1.807, 2.05) is 6.07 Å². The van der Waals surface area contributed by atoms with Crippen LogP contribution in [0.4, 0.5) is 24.0 Å². The number of hydrogen-bond acceptors (Lipinski definition) is 10. The minimum absolute atomic E-state index is 0.0233. The lowest BCUT2D eigenvalue weighted by Crippen LogP contribution is -2.68. The van der Waals surface area contributed by atoms with Crippen LogP contribution in [0.25, 0.3) is 43.1 Å². The van der Waals surface area contributed by atoms with Crippen molar-refractivity contribution >= 4 is 54.1 Å². The molecule has 5 aromatic rings. The van der Waals surface area contributed by atoms with Gasteiger partial charge in [-0.15, -0.1) is 11.3 Å². The molecule has 236 valence electrons. The fourth-order valence-electron chi connectivity index (χ4n) is 8.41. The molecule has 0 amide bonds. The summed E-state index contributed by atoms with van der Waals surface area (Å²) in [7, 11) is 0. The molecule has 3 N–H and O–H groups in total. The second-order valence-electron chi connectivity index (χ2n) is 13.1. The molecule has 7 heterocycles. The van der Waals surface area contributed by atoms with E-state index in [0.717, 1.165) is 50.2 Å². The van der Waals surface area contributed by atoms with Crippen LogP contribution in [-0.4, -0.2) is 71.4 Å². The third kappa shape index (κ3) is 3.87. The zero-order valence-corrected chi connectivity index (χ0v) is 25.8. The lowest BCUT2D eigenvalue weighted by molar-refractivity contribution is 0.107. The number of aromatic nitrogens is 2. The van der Waals surface area contributed by atoms with Gasteiger partial charge in [0.2, 0.25) is 0 Å². The molecular formula is C33H30F3N7O2S. The topological polar surface area (TPSA) is 116 Å². The number of thiophene rings is 1. The Morgan fingerprint density at radius 3 is 2.85 bits per heavy atom. The zero-order chi connectivity index (χ0) is 31.5. The molecule has 0 spiro atoms. The van der Waals surface area contributed by atoms with E-state index >= 15 is 8.78 Å². The number of nitriles is 1. The number of aryl methyl sites for hydroxylation is 1. The summed E-state index contributed by atoms with van der Waals surface area (Å²) in [5.41, 5.74) is 6.42. The number of anilines is 2. The first-order valence-electron chi connectivity index (χ1n) is 15.6. The average Bonchev–Trinajstić information content (AvgIpc) is 3.78. The van der Waals surface area contributed by atoms with Crippen molar-refractivity contribution < 1.29 is 22.3 Å². The summed E-state index contributed by atoms with van der Waals surface area (Å²) < 4.78 is 59.5. The molecular weight excluding hydrogens is 615 g/mol. The highest BCUT2D eigenvalue weighted by molar-refractivity contribution is 7.23. The summed E-state index contributed by atoms with van der Waals surface area (Å²) in [4.78, 5) is 14.0. The number of ether oxygens (including phenoxy) is 1. The predicted molar refractivity (Wildman–Crippen MR) is 170 cm³/mol. The van der Waals surface area contributed by atoms with Gasteiger partial charge in [0, 0.05) is 48.9 Å². The van der Waals surface area contributed by atoms with Crippen LogP contribution in [0.1, 0.15) is 37.0 Å². The first-order chi connectivity index (χ1) is 22.3. The molecule has 46 heavy (non-hydrogen) atoms. The average molecular weight is 646 g/mol. The maximum atomic E-state index is 17.3. The Hall–Kier alpha value is -4.12. The van der Waals surface area contributed by atoms with Gasteiger partial charge >= 0.3 is 6.01 Å². The number of nitrogen functional groups attached to an aromatic ring is 1. The summed E-state index contributed by atoms with van der Waals surface area (Å²) in [5.74, 6) is -0.130. The highest BCUT2D eigenvalue weighted by Crippen LogP contribution is 2.49. The molecule has 4 aliphatic rings. The van der Waals surface area contributed by atoms with E-state index in [0.29, 0.717) is 35.3 Å². The fraction of sp³-hybridized carbons (Fsp3) is 0.424. The Morgan fingerprint density at radius 1 is 1.24 bits per heavy atom. The summed E-state index contributed by atoms with van der Waals surface area (Å²) >= 11 is 0.952.